The number of allylic oxidation sites excluding steroid dienone is 1. The third-order valence-corrected chi connectivity index (χ3v) is 9.31. The lowest BCUT2D eigenvalue weighted by Crippen LogP contribution is -2.58. The molecule has 0 N–H and O–H groups in total. The SMILES string of the molecule is C[C@]12CCC(=O)C=C1CC[C@@H]1[C@@H]2C(=O)C[C@@]2(C)[C@H]1CC1O[C@]12C(=O)CI. The highest BCUT2D eigenvalue weighted by Crippen LogP contribution is 2.72. The second-order valence-corrected chi connectivity index (χ2v) is 10.3. The van der Waals surface area contributed by atoms with Crippen molar-refractivity contribution in [3.8, 4) is 0 Å². The van der Waals surface area contributed by atoms with Gasteiger partial charge in [-0.15, -0.1) is 0 Å². The van der Waals surface area contributed by atoms with Gasteiger partial charge in [-0.1, -0.05) is 42.0 Å². The number of fused-ring (bicyclic) bond motifs is 7. The van der Waals surface area contributed by atoms with Crippen molar-refractivity contribution in [1.29, 1.82) is 0 Å². The molecule has 1 saturated heterocycles. The molecule has 140 valence electrons. The standard InChI is InChI=1S/C21H25IO4/c1-19-6-5-12(23)7-11(19)3-4-13-14-8-17-21(26-17,16(25)10-22)20(14,2)9-15(24)18(13)19/h7,13-14,17-18H,3-6,8-10H2,1-2H3/t13-,14-,17?,18+,19-,20-,21+/m0/s1. The fraction of sp³-hybridized carbons (Fsp3) is 0.762. The lowest BCUT2D eigenvalue weighted by molar-refractivity contribution is -0.154. The summed E-state index contributed by atoms with van der Waals surface area (Å²) in [6.45, 7) is 4.35. The third-order valence-electron chi connectivity index (χ3n) is 8.62. The maximum Gasteiger partial charge on any atom is 0.177 e. The largest absolute Gasteiger partial charge is 0.357 e. The number of carbonyl (C=O) groups is 3. The van der Waals surface area contributed by atoms with E-state index in [1.54, 1.807) is 0 Å². The summed E-state index contributed by atoms with van der Waals surface area (Å²) in [4.78, 5) is 38.1. The van der Waals surface area contributed by atoms with Crippen LogP contribution in [0, 0.1) is 28.6 Å². The zero-order valence-corrected chi connectivity index (χ0v) is 17.5. The molecule has 3 saturated carbocycles. The van der Waals surface area contributed by atoms with Crippen molar-refractivity contribution in [3.63, 3.8) is 0 Å². The number of halogens is 1. The highest BCUT2D eigenvalue weighted by Gasteiger charge is 2.81. The topological polar surface area (TPSA) is 63.7 Å². The van der Waals surface area contributed by atoms with Gasteiger partial charge in [-0.3, -0.25) is 14.4 Å². The second kappa shape index (κ2) is 5.28. The zero-order chi connectivity index (χ0) is 18.5. The Bertz CT molecular complexity index is 772. The Kier molecular flexibility index (Phi) is 3.56. The fourth-order valence-corrected chi connectivity index (χ4v) is 7.96. The van der Waals surface area contributed by atoms with E-state index in [0.717, 1.165) is 25.7 Å². The van der Waals surface area contributed by atoms with Gasteiger partial charge in [0.15, 0.2) is 17.2 Å². The summed E-state index contributed by atoms with van der Waals surface area (Å²) in [5.74, 6) is 1.40. The van der Waals surface area contributed by atoms with E-state index >= 15 is 0 Å². The van der Waals surface area contributed by atoms with Crippen LogP contribution in [0.3, 0.4) is 0 Å². The molecule has 0 spiro atoms. The first-order chi connectivity index (χ1) is 12.3. The monoisotopic (exact) mass is 468 g/mol. The van der Waals surface area contributed by atoms with Crippen LogP contribution < -0.4 is 0 Å². The Balaban J connectivity index is 1.55. The molecule has 0 radical (unpaired) electrons. The van der Waals surface area contributed by atoms with Crippen LogP contribution in [0.1, 0.15) is 52.4 Å². The summed E-state index contributed by atoms with van der Waals surface area (Å²) >= 11 is 2.13. The van der Waals surface area contributed by atoms with Crippen LogP contribution in [-0.2, 0) is 19.1 Å². The molecule has 1 aliphatic heterocycles. The van der Waals surface area contributed by atoms with Gasteiger partial charge >= 0.3 is 0 Å². The van der Waals surface area contributed by atoms with Crippen molar-refractivity contribution < 1.29 is 19.1 Å². The number of ketones is 3. The minimum absolute atomic E-state index is 0.0120. The summed E-state index contributed by atoms with van der Waals surface area (Å²) in [5, 5.41) is 0. The number of hydrogen-bond donors (Lipinski definition) is 0. The number of hydrogen-bond acceptors (Lipinski definition) is 4. The zero-order valence-electron chi connectivity index (χ0n) is 15.3. The van der Waals surface area contributed by atoms with E-state index < -0.39 is 5.60 Å². The van der Waals surface area contributed by atoms with Crippen molar-refractivity contribution >= 4 is 39.9 Å². The van der Waals surface area contributed by atoms with Crippen molar-refractivity contribution in [2.24, 2.45) is 28.6 Å². The van der Waals surface area contributed by atoms with Crippen molar-refractivity contribution in [3.05, 3.63) is 11.6 Å². The molecule has 0 bridgehead atoms. The molecule has 4 nitrogen and oxygen atoms in total. The van der Waals surface area contributed by atoms with Gasteiger partial charge in [0, 0.05) is 24.2 Å². The van der Waals surface area contributed by atoms with Gasteiger partial charge < -0.3 is 4.74 Å². The molecule has 7 atom stereocenters. The number of alkyl halides is 1. The number of carbonyl (C=O) groups excluding carboxylic acids is 3. The Morgan fingerprint density at radius 1 is 1.31 bits per heavy atom. The smallest absolute Gasteiger partial charge is 0.177 e. The van der Waals surface area contributed by atoms with Gasteiger partial charge in [0.05, 0.1) is 10.5 Å². The van der Waals surface area contributed by atoms with Crippen molar-refractivity contribution in [2.45, 2.75) is 64.1 Å². The fourth-order valence-electron chi connectivity index (χ4n) is 7.39. The Hall–Kier alpha value is -0.560. The summed E-state index contributed by atoms with van der Waals surface area (Å²) in [5.41, 5.74) is -0.00724. The van der Waals surface area contributed by atoms with E-state index in [2.05, 4.69) is 36.4 Å². The molecule has 0 amide bonds. The first kappa shape index (κ1) is 17.5. The van der Waals surface area contributed by atoms with Crippen molar-refractivity contribution in [1.82, 2.24) is 0 Å². The molecular formula is C21H25IO4. The second-order valence-electron chi connectivity index (χ2n) is 9.54. The van der Waals surface area contributed by atoms with Crippen LogP contribution in [0.2, 0.25) is 0 Å². The van der Waals surface area contributed by atoms with Crippen LogP contribution in [0.4, 0.5) is 0 Å². The van der Waals surface area contributed by atoms with Crippen molar-refractivity contribution in [2.75, 3.05) is 4.43 Å². The van der Waals surface area contributed by atoms with E-state index in [9.17, 15) is 14.4 Å². The predicted molar refractivity (Wildman–Crippen MR) is 104 cm³/mol. The summed E-state index contributed by atoms with van der Waals surface area (Å²) in [6.07, 6.45) is 6.46. The van der Waals surface area contributed by atoms with E-state index in [1.807, 2.05) is 6.08 Å². The van der Waals surface area contributed by atoms with E-state index in [4.69, 9.17) is 4.74 Å². The molecule has 26 heavy (non-hydrogen) atoms. The molecule has 5 rings (SSSR count). The van der Waals surface area contributed by atoms with Crippen LogP contribution in [0.5, 0.6) is 0 Å². The molecule has 4 aliphatic carbocycles. The first-order valence-electron chi connectivity index (χ1n) is 9.81. The maximum atomic E-state index is 13.5. The van der Waals surface area contributed by atoms with Crippen LogP contribution in [0.25, 0.3) is 0 Å². The highest BCUT2D eigenvalue weighted by atomic mass is 127. The minimum Gasteiger partial charge on any atom is -0.357 e. The van der Waals surface area contributed by atoms with Gasteiger partial charge in [0.1, 0.15) is 5.78 Å². The van der Waals surface area contributed by atoms with E-state index in [-0.39, 0.29) is 34.4 Å². The lowest BCUT2D eigenvalue weighted by atomic mass is 9.46. The summed E-state index contributed by atoms with van der Waals surface area (Å²) < 4.78 is 6.43. The Morgan fingerprint density at radius 3 is 2.81 bits per heavy atom. The molecule has 0 aromatic heterocycles. The maximum absolute atomic E-state index is 13.5. The van der Waals surface area contributed by atoms with Gasteiger partial charge in [0.2, 0.25) is 0 Å². The van der Waals surface area contributed by atoms with Gasteiger partial charge in [0.25, 0.3) is 0 Å². The molecule has 0 aromatic rings. The third kappa shape index (κ3) is 1.87. The first-order valence-corrected chi connectivity index (χ1v) is 11.3. The number of Topliss-reactive ketones (excluding diaryl/α,β-unsaturated/α-hetero) is 2. The molecule has 1 unspecified atom stereocenters. The van der Waals surface area contributed by atoms with Crippen LogP contribution in [0.15, 0.2) is 11.6 Å². The molecule has 5 heteroatoms. The molecule has 4 fully saturated rings. The molecule has 0 aromatic carbocycles. The Morgan fingerprint density at radius 2 is 2.08 bits per heavy atom. The molecule has 5 aliphatic rings. The molecule has 1 heterocycles. The summed E-state index contributed by atoms with van der Waals surface area (Å²) in [7, 11) is 0. The van der Waals surface area contributed by atoms with Crippen LogP contribution >= 0.6 is 22.6 Å². The number of rotatable bonds is 2. The van der Waals surface area contributed by atoms with Crippen LogP contribution in [-0.4, -0.2) is 33.5 Å². The van der Waals surface area contributed by atoms with Gasteiger partial charge in [-0.05, 0) is 49.0 Å². The Labute approximate surface area is 167 Å². The number of epoxide rings is 1. The predicted octanol–water partition coefficient (Wildman–Crippen LogP) is 3.45. The van der Waals surface area contributed by atoms with E-state index in [0.29, 0.717) is 34.9 Å². The van der Waals surface area contributed by atoms with Gasteiger partial charge in [-0.25, -0.2) is 0 Å². The summed E-state index contributed by atoms with van der Waals surface area (Å²) in [6, 6.07) is 0. The quantitative estimate of drug-likeness (QED) is 0.354. The average molecular weight is 468 g/mol. The highest BCUT2D eigenvalue weighted by molar-refractivity contribution is 14.1. The van der Waals surface area contributed by atoms with E-state index in [1.165, 1.54) is 5.57 Å². The normalized spacial score (nSPS) is 51.7. The molecular weight excluding hydrogens is 443 g/mol. The minimum atomic E-state index is -0.695. The van der Waals surface area contributed by atoms with Gasteiger partial charge in [-0.2, -0.15) is 0 Å². The number of ether oxygens (including phenoxy) is 1. The lowest BCUT2D eigenvalue weighted by Gasteiger charge is -2.57. The average Bonchev–Trinajstić information content (AvgIpc) is 3.28.